The molecule has 5 nitrogen and oxygen atoms in total. The van der Waals surface area contributed by atoms with Gasteiger partial charge in [-0.05, 0) is 6.07 Å². The van der Waals surface area contributed by atoms with Crippen LogP contribution in [0.3, 0.4) is 0 Å². The van der Waals surface area contributed by atoms with Crippen LogP contribution in [0.2, 0.25) is 0 Å². The van der Waals surface area contributed by atoms with Gasteiger partial charge < -0.3 is 10.5 Å². The molecule has 0 radical (unpaired) electrons. The number of para-hydroxylation sites is 1. The van der Waals surface area contributed by atoms with Crippen molar-refractivity contribution in [3.05, 3.63) is 42.5 Å². The van der Waals surface area contributed by atoms with Gasteiger partial charge in [0.25, 0.3) is 10.1 Å². The van der Waals surface area contributed by atoms with Crippen LogP contribution >= 0.6 is 0 Å². The van der Waals surface area contributed by atoms with Gasteiger partial charge in [0.2, 0.25) is 0 Å². The predicted molar refractivity (Wildman–Crippen MR) is 79.5 cm³/mol. The van der Waals surface area contributed by atoms with Crippen LogP contribution in [0.4, 0.5) is 13.2 Å². The Morgan fingerprint density at radius 3 is 2.43 bits per heavy atom. The third kappa shape index (κ3) is 5.22. The quantitative estimate of drug-likeness (QED) is 0.573. The summed E-state index contributed by atoms with van der Waals surface area (Å²) in [6.07, 6.45) is -3.48. The maximum Gasteiger partial charge on any atom is 0.410 e. The second kappa shape index (κ2) is 7.33. The SMILES string of the molecule is C=CCOc1ccccc1C(N)(CCOS(C)(=O)=O)C(F)(F)F. The molecule has 1 rings (SSSR count). The molecule has 9 heteroatoms. The molecule has 0 fully saturated rings. The van der Waals surface area contributed by atoms with E-state index in [1.165, 1.54) is 30.3 Å². The molecule has 130 valence electrons. The zero-order valence-electron chi connectivity index (χ0n) is 12.5. The van der Waals surface area contributed by atoms with E-state index < -0.39 is 34.9 Å². The first kappa shape index (κ1) is 19.5. The third-order valence-corrected chi connectivity index (χ3v) is 3.62. The van der Waals surface area contributed by atoms with Crippen molar-refractivity contribution >= 4 is 10.1 Å². The van der Waals surface area contributed by atoms with E-state index in [9.17, 15) is 21.6 Å². The lowest BCUT2D eigenvalue weighted by Gasteiger charge is -2.33. The van der Waals surface area contributed by atoms with E-state index in [2.05, 4.69) is 10.8 Å². The lowest BCUT2D eigenvalue weighted by Crippen LogP contribution is -2.51. The van der Waals surface area contributed by atoms with Crippen LogP contribution in [0, 0.1) is 0 Å². The maximum absolute atomic E-state index is 13.5. The zero-order chi connectivity index (χ0) is 17.7. The van der Waals surface area contributed by atoms with Crippen LogP contribution in [0.25, 0.3) is 0 Å². The molecule has 1 aromatic rings. The van der Waals surface area contributed by atoms with E-state index in [4.69, 9.17) is 10.5 Å². The highest BCUT2D eigenvalue weighted by atomic mass is 32.2. The molecule has 0 aliphatic carbocycles. The topological polar surface area (TPSA) is 78.6 Å². The Hall–Kier alpha value is -1.58. The zero-order valence-corrected chi connectivity index (χ0v) is 13.3. The van der Waals surface area contributed by atoms with Crippen LogP contribution in [0.1, 0.15) is 12.0 Å². The fourth-order valence-electron chi connectivity index (χ4n) is 1.89. The number of nitrogens with two attached hydrogens (primary N) is 1. The van der Waals surface area contributed by atoms with E-state index in [-0.39, 0.29) is 17.9 Å². The molecular weight excluding hydrogens is 335 g/mol. The second-order valence-electron chi connectivity index (χ2n) is 4.84. The van der Waals surface area contributed by atoms with Gasteiger partial charge in [-0.25, -0.2) is 0 Å². The Balaban J connectivity index is 3.18. The first-order valence-corrected chi connectivity index (χ1v) is 8.36. The Kier molecular flexibility index (Phi) is 6.20. The minimum absolute atomic E-state index is 0.00475. The van der Waals surface area contributed by atoms with Crippen LogP contribution in [0.5, 0.6) is 5.75 Å². The molecule has 1 aromatic carbocycles. The number of benzene rings is 1. The summed E-state index contributed by atoms with van der Waals surface area (Å²) in [5.74, 6) is -0.0495. The molecule has 23 heavy (non-hydrogen) atoms. The van der Waals surface area contributed by atoms with E-state index in [1.807, 2.05) is 0 Å². The highest BCUT2D eigenvalue weighted by Gasteiger charge is 2.54. The summed E-state index contributed by atoms with van der Waals surface area (Å²) in [5, 5.41) is 0. The number of rotatable bonds is 8. The first-order chi connectivity index (χ1) is 10.5. The van der Waals surface area contributed by atoms with Gasteiger partial charge in [-0.2, -0.15) is 21.6 Å². The number of hydrogen-bond donors (Lipinski definition) is 1. The van der Waals surface area contributed by atoms with Crippen LogP contribution in [0.15, 0.2) is 36.9 Å². The Bertz CT molecular complexity index is 646. The summed E-state index contributed by atoms with van der Waals surface area (Å²) in [6, 6.07) is 5.43. The summed E-state index contributed by atoms with van der Waals surface area (Å²) in [5.41, 5.74) is 2.48. The molecule has 0 saturated carbocycles. The van der Waals surface area contributed by atoms with Crippen molar-refractivity contribution in [1.29, 1.82) is 0 Å². The molecule has 0 aliphatic rings. The lowest BCUT2D eigenvalue weighted by atomic mass is 9.86. The molecule has 2 N–H and O–H groups in total. The van der Waals surface area contributed by atoms with E-state index >= 15 is 0 Å². The minimum atomic E-state index is -4.83. The van der Waals surface area contributed by atoms with E-state index in [0.29, 0.717) is 0 Å². The summed E-state index contributed by atoms with van der Waals surface area (Å²) in [4.78, 5) is 0. The van der Waals surface area contributed by atoms with Gasteiger partial charge in [-0.3, -0.25) is 4.18 Å². The average molecular weight is 353 g/mol. The van der Waals surface area contributed by atoms with Crippen molar-refractivity contribution in [3.63, 3.8) is 0 Å². The fourth-order valence-corrected chi connectivity index (χ4v) is 2.28. The van der Waals surface area contributed by atoms with Crippen molar-refractivity contribution in [3.8, 4) is 5.75 Å². The van der Waals surface area contributed by atoms with E-state index in [1.54, 1.807) is 0 Å². The predicted octanol–water partition coefficient (Wildman–Crippen LogP) is 2.33. The Morgan fingerprint density at radius 2 is 1.91 bits per heavy atom. The number of alkyl halides is 3. The van der Waals surface area contributed by atoms with Gasteiger partial charge >= 0.3 is 6.18 Å². The van der Waals surface area contributed by atoms with Gasteiger partial charge in [0.05, 0.1) is 12.9 Å². The van der Waals surface area contributed by atoms with Gasteiger partial charge in [0.1, 0.15) is 17.9 Å². The third-order valence-electron chi connectivity index (χ3n) is 3.02. The lowest BCUT2D eigenvalue weighted by molar-refractivity contribution is -0.193. The molecule has 1 atom stereocenters. The molecule has 1 unspecified atom stereocenters. The molecule has 0 amide bonds. The smallest absolute Gasteiger partial charge is 0.410 e. The molecule has 0 saturated heterocycles. The fraction of sp³-hybridized carbons (Fsp3) is 0.429. The van der Waals surface area contributed by atoms with Crippen molar-refractivity contribution in [2.75, 3.05) is 19.5 Å². The van der Waals surface area contributed by atoms with Crippen LogP contribution in [-0.2, 0) is 19.8 Å². The summed E-state index contributed by atoms with van der Waals surface area (Å²) in [6.45, 7) is 2.73. The van der Waals surface area contributed by atoms with Gasteiger partial charge in [0.15, 0.2) is 0 Å². The molecule has 0 bridgehead atoms. The number of ether oxygens (including phenoxy) is 1. The van der Waals surface area contributed by atoms with Crippen molar-refractivity contribution < 1.29 is 30.5 Å². The highest BCUT2D eigenvalue weighted by Crippen LogP contribution is 2.43. The van der Waals surface area contributed by atoms with Crippen molar-refractivity contribution in [1.82, 2.24) is 0 Å². The second-order valence-corrected chi connectivity index (χ2v) is 6.49. The number of halogens is 3. The van der Waals surface area contributed by atoms with Gasteiger partial charge in [0, 0.05) is 12.0 Å². The largest absolute Gasteiger partial charge is 0.489 e. The summed E-state index contributed by atoms with van der Waals surface area (Å²) < 4.78 is 72.0. The molecule has 0 aromatic heterocycles. The van der Waals surface area contributed by atoms with Crippen molar-refractivity contribution in [2.45, 2.75) is 18.1 Å². The number of hydrogen-bond acceptors (Lipinski definition) is 5. The van der Waals surface area contributed by atoms with Gasteiger partial charge in [-0.1, -0.05) is 30.9 Å². The Morgan fingerprint density at radius 1 is 1.30 bits per heavy atom. The van der Waals surface area contributed by atoms with Crippen molar-refractivity contribution in [2.24, 2.45) is 5.73 Å². The van der Waals surface area contributed by atoms with Crippen LogP contribution < -0.4 is 10.5 Å². The van der Waals surface area contributed by atoms with Crippen LogP contribution in [-0.4, -0.2) is 34.1 Å². The molecule has 0 heterocycles. The monoisotopic (exact) mass is 353 g/mol. The molecule has 0 aliphatic heterocycles. The Labute approximate surface area is 133 Å². The molecule has 0 spiro atoms. The minimum Gasteiger partial charge on any atom is -0.489 e. The standard InChI is InChI=1S/C14H18F3NO4S/c1-3-9-21-12-7-5-4-6-11(12)13(18,14(15,16)17)8-10-22-23(2,19)20/h3-7H,1,8-10,18H2,2H3. The first-order valence-electron chi connectivity index (χ1n) is 6.54. The van der Waals surface area contributed by atoms with Gasteiger partial charge in [-0.15, -0.1) is 0 Å². The van der Waals surface area contributed by atoms with E-state index in [0.717, 1.165) is 6.26 Å². The molecular formula is C14H18F3NO4S. The maximum atomic E-state index is 13.5. The normalized spacial score (nSPS) is 15.0. The average Bonchev–Trinajstić information content (AvgIpc) is 2.42. The highest BCUT2D eigenvalue weighted by molar-refractivity contribution is 7.85. The summed E-state index contributed by atoms with van der Waals surface area (Å²) >= 11 is 0. The summed E-state index contributed by atoms with van der Waals surface area (Å²) in [7, 11) is -3.87.